The summed E-state index contributed by atoms with van der Waals surface area (Å²) in [5.74, 6) is 3.24. The van der Waals surface area contributed by atoms with E-state index in [1.165, 1.54) is 5.56 Å². The van der Waals surface area contributed by atoms with Gasteiger partial charge in [-0.15, -0.1) is 0 Å². The van der Waals surface area contributed by atoms with Crippen LogP contribution in [-0.2, 0) is 14.1 Å². The number of nitrogens with zero attached hydrogens (tertiary/aromatic N) is 2. The summed E-state index contributed by atoms with van der Waals surface area (Å²) in [4.78, 5) is 0. The van der Waals surface area contributed by atoms with Crippen LogP contribution in [0.5, 0.6) is 0 Å². The van der Waals surface area contributed by atoms with E-state index in [9.17, 15) is 0 Å². The van der Waals surface area contributed by atoms with Gasteiger partial charge in [0.1, 0.15) is 0 Å². The number of imidazole rings is 1. The van der Waals surface area contributed by atoms with Crippen molar-refractivity contribution in [2.75, 3.05) is 47.8 Å². The third-order valence-corrected chi connectivity index (χ3v) is 6.16. The fraction of sp³-hybridized carbons (Fsp3) is 0.471. The normalized spacial score (nSPS) is 10.7. The van der Waals surface area contributed by atoms with Gasteiger partial charge in [0.15, 0.2) is 0 Å². The average Bonchev–Trinajstić information content (AvgIpc) is 2.92. The van der Waals surface area contributed by atoms with Crippen molar-refractivity contribution in [1.82, 2.24) is 9.88 Å². The van der Waals surface area contributed by atoms with Crippen LogP contribution in [0.2, 0.25) is 0 Å². The fourth-order valence-electron chi connectivity index (χ4n) is 2.30. The molecule has 1 aromatic carbocycles. The van der Waals surface area contributed by atoms with E-state index < -0.39 is 0 Å². The van der Waals surface area contributed by atoms with Crippen molar-refractivity contribution in [1.29, 1.82) is 0 Å². The molecule has 2 rings (SSSR count). The van der Waals surface area contributed by atoms with Crippen molar-refractivity contribution in [2.24, 2.45) is 14.1 Å². The van der Waals surface area contributed by atoms with Crippen molar-refractivity contribution in [3.63, 3.8) is 0 Å². The van der Waals surface area contributed by atoms with Crippen molar-refractivity contribution in [3.05, 3.63) is 36.2 Å². The van der Waals surface area contributed by atoms with Crippen LogP contribution in [0.3, 0.4) is 0 Å². The second-order valence-corrected chi connectivity index (χ2v) is 8.50. The van der Waals surface area contributed by atoms with Crippen LogP contribution in [0.15, 0.2) is 30.6 Å². The van der Waals surface area contributed by atoms with E-state index >= 15 is 0 Å². The molecule has 8 heteroatoms. The van der Waals surface area contributed by atoms with Crippen LogP contribution in [0.4, 0.5) is 17.3 Å². The minimum atomic E-state index is 0.973. The molecule has 0 bridgehead atoms. The fourth-order valence-corrected chi connectivity index (χ4v) is 4.22. The molecule has 0 spiro atoms. The predicted octanol–water partition coefficient (Wildman–Crippen LogP) is 2.61. The molecule has 2 aromatic rings. The molecular formula is C17H29N6S2+. The first-order valence-corrected chi connectivity index (χ1v) is 10.9. The number of aromatic nitrogens is 2. The lowest BCUT2D eigenvalue weighted by molar-refractivity contribution is -0.656. The lowest BCUT2D eigenvalue weighted by atomic mass is 10.2. The largest absolute Gasteiger partial charge is 0.384 e. The molecule has 0 aliphatic carbocycles. The van der Waals surface area contributed by atoms with Crippen molar-refractivity contribution in [2.45, 2.75) is 6.92 Å². The van der Waals surface area contributed by atoms with Gasteiger partial charge in [-0.2, -0.15) is 5.43 Å². The molecule has 138 valence electrons. The molecule has 0 fully saturated rings. The van der Waals surface area contributed by atoms with Gasteiger partial charge in [-0.3, -0.25) is 5.43 Å². The summed E-state index contributed by atoms with van der Waals surface area (Å²) >= 11 is 0. The van der Waals surface area contributed by atoms with E-state index in [0.29, 0.717) is 0 Å². The number of hydrogen-bond donors (Lipinski definition) is 4. The second kappa shape index (κ2) is 10.5. The zero-order valence-electron chi connectivity index (χ0n) is 15.4. The van der Waals surface area contributed by atoms with Gasteiger partial charge in [0.2, 0.25) is 0 Å². The number of benzene rings is 1. The van der Waals surface area contributed by atoms with Crippen LogP contribution in [0.1, 0.15) is 5.56 Å². The number of rotatable bonds is 11. The summed E-state index contributed by atoms with van der Waals surface area (Å²) in [6, 6.07) is 6.39. The third-order valence-electron chi connectivity index (χ3n) is 3.75. The van der Waals surface area contributed by atoms with Gasteiger partial charge >= 0.3 is 5.95 Å². The van der Waals surface area contributed by atoms with E-state index in [0.717, 1.165) is 41.9 Å². The zero-order chi connectivity index (χ0) is 18.1. The predicted molar refractivity (Wildman–Crippen MR) is 112 cm³/mol. The van der Waals surface area contributed by atoms with Gasteiger partial charge in [0.25, 0.3) is 0 Å². The quantitative estimate of drug-likeness (QED) is 0.208. The summed E-state index contributed by atoms with van der Waals surface area (Å²) in [5.41, 5.74) is 9.98. The molecule has 0 aliphatic rings. The first-order valence-electron chi connectivity index (χ1n) is 8.38. The summed E-state index contributed by atoms with van der Waals surface area (Å²) in [6.45, 7) is 4.15. The van der Waals surface area contributed by atoms with E-state index in [2.05, 4.69) is 46.6 Å². The Hall–Kier alpha value is -1.51. The van der Waals surface area contributed by atoms with E-state index in [-0.39, 0.29) is 0 Å². The Bertz CT molecular complexity index is 639. The summed E-state index contributed by atoms with van der Waals surface area (Å²) in [6.07, 6.45) is 4.03. The molecule has 1 aromatic heterocycles. The van der Waals surface area contributed by atoms with E-state index in [4.69, 9.17) is 0 Å². The molecule has 0 aliphatic heterocycles. The highest BCUT2D eigenvalue weighted by Gasteiger charge is 2.10. The first-order chi connectivity index (χ1) is 12.1. The Morgan fingerprint density at radius 1 is 1.12 bits per heavy atom. The number of aryl methyl sites for hydroxylation is 3. The maximum Gasteiger partial charge on any atom is 0.378 e. The first kappa shape index (κ1) is 19.8. The summed E-state index contributed by atoms with van der Waals surface area (Å²) in [5, 5.41) is 6.64. The van der Waals surface area contributed by atoms with Crippen LogP contribution >= 0.6 is 21.6 Å². The highest BCUT2D eigenvalue weighted by molar-refractivity contribution is 8.76. The number of hydrogen-bond acceptors (Lipinski definition) is 6. The minimum Gasteiger partial charge on any atom is -0.384 e. The van der Waals surface area contributed by atoms with Gasteiger partial charge in [-0.05, 0) is 37.7 Å². The lowest BCUT2D eigenvalue weighted by Crippen LogP contribution is -2.32. The van der Waals surface area contributed by atoms with Gasteiger partial charge in [-0.25, -0.2) is 9.13 Å². The summed E-state index contributed by atoms with van der Waals surface area (Å²) < 4.78 is 4.06. The molecule has 1 heterocycles. The Labute approximate surface area is 158 Å². The molecule has 0 saturated carbocycles. The van der Waals surface area contributed by atoms with Gasteiger partial charge in [-0.1, -0.05) is 21.6 Å². The van der Waals surface area contributed by atoms with Crippen molar-refractivity contribution in [3.8, 4) is 0 Å². The molecule has 25 heavy (non-hydrogen) atoms. The standard InChI is InChI=1S/C17H28N6S2/c1-14-13-15(19-8-12-25-24-11-7-18-2)5-6-16(14)20-21-17-22(3)9-10-23(17)4/h5-6,9-10,13,18-20H,7-8,11-12H2,1-4H3/p+1. The van der Waals surface area contributed by atoms with Gasteiger partial charge < -0.3 is 10.6 Å². The Morgan fingerprint density at radius 3 is 2.52 bits per heavy atom. The van der Waals surface area contributed by atoms with Crippen LogP contribution in [-0.4, -0.2) is 36.2 Å². The molecule has 0 amide bonds. The van der Waals surface area contributed by atoms with Crippen LogP contribution in [0, 0.1) is 6.92 Å². The molecule has 0 radical (unpaired) electrons. The second-order valence-electron chi connectivity index (χ2n) is 5.80. The van der Waals surface area contributed by atoms with Crippen LogP contribution < -0.4 is 26.1 Å². The molecule has 0 atom stereocenters. The number of nitrogens with one attached hydrogen (secondary N) is 4. The third kappa shape index (κ3) is 6.37. The monoisotopic (exact) mass is 381 g/mol. The molecule has 4 N–H and O–H groups in total. The van der Waals surface area contributed by atoms with Crippen LogP contribution in [0.25, 0.3) is 0 Å². The SMILES string of the molecule is CNCCSSCCNc1ccc(NNc2n(C)cc[n+]2C)c(C)c1. The topological polar surface area (TPSA) is 56.9 Å². The molecular weight excluding hydrogens is 352 g/mol. The Morgan fingerprint density at radius 2 is 1.88 bits per heavy atom. The van der Waals surface area contributed by atoms with E-state index in [1.807, 2.05) is 64.3 Å². The van der Waals surface area contributed by atoms with Crippen molar-refractivity contribution >= 4 is 38.9 Å². The zero-order valence-corrected chi connectivity index (χ0v) is 17.1. The Balaban J connectivity index is 1.76. The highest BCUT2D eigenvalue weighted by Crippen LogP contribution is 2.22. The van der Waals surface area contributed by atoms with Crippen molar-refractivity contribution < 1.29 is 4.57 Å². The Kier molecular flexibility index (Phi) is 8.30. The molecule has 6 nitrogen and oxygen atoms in total. The summed E-state index contributed by atoms with van der Waals surface area (Å²) in [7, 11) is 9.85. The van der Waals surface area contributed by atoms with Gasteiger partial charge in [0.05, 0.1) is 32.2 Å². The van der Waals surface area contributed by atoms with E-state index in [1.54, 1.807) is 0 Å². The lowest BCUT2D eigenvalue weighted by Gasteiger charge is -2.11. The average molecular weight is 382 g/mol. The molecule has 0 unspecified atom stereocenters. The minimum absolute atomic E-state index is 0.973. The maximum atomic E-state index is 3.49. The highest BCUT2D eigenvalue weighted by atomic mass is 33.1. The van der Waals surface area contributed by atoms with Gasteiger partial charge in [0, 0.05) is 30.3 Å². The smallest absolute Gasteiger partial charge is 0.378 e. The number of anilines is 3. The number of hydrazine groups is 1. The molecule has 0 saturated heterocycles. The maximum absolute atomic E-state index is 3.49.